The van der Waals surface area contributed by atoms with E-state index in [0.717, 1.165) is 16.7 Å². The highest BCUT2D eigenvalue weighted by atomic mass is 19.3. The maximum atomic E-state index is 13.1. The van der Waals surface area contributed by atoms with E-state index >= 15 is 0 Å². The Morgan fingerprint density at radius 1 is 0.935 bits per heavy atom. The van der Waals surface area contributed by atoms with E-state index in [1.807, 2.05) is 12.1 Å². The van der Waals surface area contributed by atoms with Crippen LogP contribution in [0.3, 0.4) is 0 Å². The molecule has 4 N–H and O–H groups in total. The van der Waals surface area contributed by atoms with Crippen molar-refractivity contribution >= 4 is 21.9 Å². The smallest absolute Gasteiger partial charge is 0.200 e. The molecular weight excluding hydrogens is 401 g/mol. The van der Waals surface area contributed by atoms with Crippen LogP contribution in [0.1, 0.15) is 12.0 Å². The van der Waals surface area contributed by atoms with E-state index in [0.29, 0.717) is 34.8 Å². The Bertz CT molecular complexity index is 1300. The number of aliphatic hydroxyl groups is 2. The molecule has 1 aromatic heterocycles. The third-order valence-electron chi connectivity index (χ3n) is 5.53. The predicted octanol–water partition coefficient (Wildman–Crippen LogP) is 3.49. The number of hydrogen-bond acceptors (Lipinski definition) is 6. The number of rotatable bonds is 7. The average Bonchev–Trinajstić information content (AvgIpc) is 2.82. The molecule has 0 saturated heterocycles. The molecule has 3 aromatic carbocycles. The third kappa shape index (κ3) is 4.16. The van der Waals surface area contributed by atoms with Crippen molar-refractivity contribution in [2.45, 2.75) is 18.4 Å². The Balaban J connectivity index is 1.73. The van der Waals surface area contributed by atoms with E-state index in [1.54, 1.807) is 42.5 Å². The van der Waals surface area contributed by atoms with Crippen LogP contribution in [-0.4, -0.2) is 29.0 Å². The fourth-order valence-electron chi connectivity index (χ4n) is 3.56. The monoisotopic (exact) mass is 423 g/mol. The molecule has 0 aliphatic carbocycles. The normalized spacial score (nSPS) is 11.9. The Morgan fingerprint density at radius 2 is 1.71 bits per heavy atom. The zero-order chi connectivity index (χ0) is 22.0. The van der Waals surface area contributed by atoms with Gasteiger partial charge in [-0.25, -0.2) is 0 Å². The van der Waals surface area contributed by atoms with Crippen molar-refractivity contribution in [2.24, 2.45) is 5.73 Å². The van der Waals surface area contributed by atoms with E-state index < -0.39 is 5.54 Å². The van der Waals surface area contributed by atoms with Crippen LogP contribution < -0.4 is 16.1 Å². The summed E-state index contributed by atoms with van der Waals surface area (Å²) in [6.07, 6.45) is 0.867. The van der Waals surface area contributed by atoms with Crippen LogP contribution in [0.4, 0.5) is 4.53 Å². The summed E-state index contributed by atoms with van der Waals surface area (Å²) < 4.78 is 18.5. The van der Waals surface area contributed by atoms with Gasteiger partial charge in [0.15, 0.2) is 5.75 Å². The second-order valence-electron chi connectivity index (χ2n) is 7.76. The van der Waals surface area contributed by atoms with Gasteiger partial charge < -0.3 is 20.4 Å². The largest absolute Gasteiger partial charge is 0.456 e. The lowest BCUT2D eigenvalue weighted by molar-refractivity contribution is -0.00614. The van der Waals surface area contributed by atoms with Gasteiger partial charge in [0.25, 0.3) is 0 Å². The molecule has 0 amide bonds. The predicted molar refractivity (Wildman–Crippen MR) is 117 cm³/mol. The number of halogens is 1. The van der Waals surface area contributed by atoms with Gasteiger partial charge in [0, 0.05) is 4.53 Å². The van der Waals surface area contributed by atoms with E-state index in [1.165, 1.54) is 6.07 Å². The van der Waals surface area contributed by atoms with Gasteiger partial charge in [0.1, 0.15) is 11.2 Å². The molecule has 0 radical (unpaired) electrons. The molecule has 0 aliphatic rings. The minimum Gasteiger partial charge on any atom is -0.456 e. The summed E-state index contributed by atoms with van der Waals surface area (Å²) in [5, 5.41) is 19.6. The zero-order valence-corrected chi connectivity index (χ0v) is 16.7. The van der Waals surface area contributed by atoms with Crippen LogP contribution >= 0.6 is 0 Å². The molecule has 0 fully saturated rings. The Labute approximate surface area is 177 Å². The number of hydrogen-bond donors (Lipinski definition) is 3. The van der Waals surface area contributed by atoms with E-state index in [-0.39, 0.29) is 24.4 Å². The molecule has 0 atom stereocenters. The summed E-state index contributed by atoms with van der Waals surface area (Å²) in [5.41, 5.74) is 7.93. The molecule has 7 heteroatoms. The molecule has 1 heterocycles. The van der Waals surface area contributed by atoms with Gasteiger partial charge in [-0.3, -0.25) is 9.74 Å². The van der Waals surface area contributed by atoms with Crippen molar-refractivity contribution < 1.29 is 24.1 Å². The van der Waals surface area contributed by atoms with Crippen LogP contribution in [0.25, 0.3) is 33.1 Å². The van der Waals surface area contributed by atoms with Crippen molar-refractivity contribution in [1.82, 2.24) is 0 Å². The van der Waals surface area contributed by atoms with Crippen LogP contribution in [0.2, 0.25) is 0 Å². The Hall–Kier alpha value is -3.26. The lowest BCUT2D eigenvalue weighted by Crippen LogP contribution is -2.47. The van der Waals surface area contributed by atoms with Crippen LogP contribution in [0.15, 0.2) is 69.9 Å². The van der Waals surface area contributed by atoms with Crippen molar-refractivity contribution in [1.29, 1.82) is 0 Å². The average molecular weight is 423 g/mol. The Kier molecular flexibility index (Phi) is 5.73. The number of nitrogens with two attached hydrogens (primary N) is 1. The number of benzene rings is 3. The van der Waals surface area contributed by atoms with Crippen LogP contribution in [0.5, 0.6) is 5.75 Å². The first kappa shape index (κ1) is 21.0. The molecule has 6 nitrogen and oxygen atoms in total. The maximum absolute atomic E-state index is 13.1. The molecule has 0 saturated carbocycles. The van der Waals surface area contributed by atoms with Gasteiger partial charge in [-0.2, -0.15) is 0 Å². The molecular formula is C24H22FNO5. The third-order valence-corrected chi connectivity index (χ3v) is 5.53. The lowest BCUT2D eigenvalue weighted by Gasteiger charge is -2.24. The van der Waals surface area contributed by atoms with Crippen molar-refractivity contribution in [3.8, 4) is 16.9 Å². The maximum Gasteiger partial charge on any atom is 0.200 e. The topological polar surface area (TPSA) is 106 Å². The van der Waals surface area contributed by atoms with E-state index in [2.05, 4.69) is 4.94 Å². The summed E-state index contributed by atoms with van der Waals surface area (Å²) in [5.74, 6) is 0.0917. The number of fused-ring (bicyclic) bond motifs is 2. The second-order valence-corrected chi connectivity index (χ2v) is 7.76. The minimum atomic E-state index is -1.07. The summed E-state index contributed by atoms with van der Waals surface area (Å²) in [6, 6.07) is 17.1. The van der Waals surface area contributed by atoms with Crippen molar-refractivity contribution in [2.75, 3.05) is 13.2 Å². The minimum absolute atomic E-state index is 0.0917. The first-order chi connectivity index (χ1) is 15.0. The van der Waals surface area contributed by atoms with Gasteiger partial charge in [-0.1, -0.05) is 24.3 Å². The van der Waals surface area contributed by atoms with Gasteiger partial charge in [-0.15, -0.1) is 0 Å². The summed E-state index contributed by atoms with van der Waals surface area (Å²) >= 11 is 0. The zero-order valence-electron chi connectivity index (χ0n) is 16.7. The standard InChI is InChI=1S/C24H22FNO5/c25-31-18-3-1-2-16(11-18)17-5-6-19-22(12-17)30-21-7-4-15(10-20(21)23(19)29)8-9-24(26,13-27)14-28/h1-7,10-12,27-28H,8-9,13-14,26H2. The highest BCUT2D eigenvalue weighted by Gasteiger charge is 2.22. The molecule has 4 rings (SSSR count). The van der Waals surface area contributed by atoms with E-state index in [4.69, 9.17) is 10.2 Å². The number of aliphatic hydroxyl groups excluding tert-OH is 2. The molecule has 31 heavy (non-hydrogen) atoms. The quantitative estimate of drug-likeness (QED) is 0.393. The molecule has 4 aromatic rings. The van der Waals surface area contributed by atoms with Gasteiger partial charge in [0.2, 0.25) is 5.43 Å². The highest BCUT2D eigenvalue weighted by molar-refractivity contribution is 5.92. The fourth-order valence-corrected chi connectivity index (χ4v) is 3.56. The van der Waals surface area contributed by atoms with Crippen molar-refractivity contribution in [3.05, 3.63) is 76.5 Å². The number of aryl methyl sites for hydroxylation is 1. The van der Waals surface area contributed by atoms with Gasteiger partial charge in [0.05, 0.1) is 29.5 Å². The molecule has 0 spiro atoms. The molecule has 0 bridgehead atoms. The first-order valence-electron chi connectivity index (χ1n) is 9.85. The van der Waals surface area contributed by atoms with E-state index in [9.17, 15) is 19.5 Å². The molecule has 0 aliphatic heterocycles. The lowest BCUT2D eigenvalue weighted by atomic mass is 9.93. The fraction of sp³-hybridized carbons (Fsp3) is 0.208. The summed E-state index contributed by atoms with van der Waals surface area (Å²) in [4.78, 5) is 16.9. The Morgan fingerprint density at radius 3 is 2.45 bits per heavy atom. The molecule has 0 unspecified atom stereocenters. The summed E-state index contributed by atoms with van der Waals surface area (Å²) in [7, 11) is 0. The second kappa shape index (κ2) is 8.47. The van der Waals surface area contributed by atoms with Crippen LogP contribution in [-0.2, 0) is 6.42 Å². The molecule has 160 valence electrons. The van der Waals surface area contributed by atoms with Gasteiger partial charge in [-0.05, 0) is 65.9 Å². The van der Waals surface area contributed by atoms with Crippen LogP contribution in [0, 0.1) is 0 Å². The summed E-state index contributed by atoms with van der Waals surface area (Å²) in [6.45, 7) is -0.654. The van der Waals surface area contributed by atoms with Gasteiger partial charge >= 0.3 is 0 Å². The SMILES string of the molecule is NC(CO)(CO)CCc1ccc2oc3cc(-c4cccc(OF)c4)ccc3c(=O)c2c1. The first-order valence-corrected chi connectivity index (χ1v) is 9.85. The highest BCUT2D eigenvalue weighted by Crippen LogP contribution is 2.28. The van der Waals surface area contributed by atoms with Crippen molar-refractivity contribution in [3.63, 3.8) is 0 Å².